The van der Waals surface area contributed by atoms with E-state index >= 15 is 0 Å². The minimum absolute atomic E-state index is 0.0361. The van der Waals surface area contributed by atoms with Gasteiger partial charge in [0.15, 0.2) is 0 Å². The number of hydrogen-bond donors (Lipinski definition) is 3. The molecule has 0 aliphatic carbocycles. The van der Waals surface area contributed by atoms with Gasteiger partial charge in [-0.25, -0.2) is 9.59 Å². The summed E-state index contributed by atoms with van der Waals surface area (Å²) >= 11 is 0. The molecule has 0 fully saturated rings. The molecule has 196 valence electrons. The predicted molar refractivity (Wildman–Crippen MR) is 125 cm³/mol. The van der Waals surface area contributed by atoms with Gasteiger partial charge in [-0.05, 0) is 17.7 Å². The number of benzene rings is 2. The van der Waals surface area contributed by atoms with Gasteiger partial charge in [0, 0.05) is 12.1 Å². The Hall–Kier alpha value is -5.01. The smallest absolute Gasteiger partial charge is 0.408 e. The highest BCUT2D eigenvalue weighted by atomic mass is 16.6. The number of nitro benzene ring substituents is 1. The Morgan fingerprint density at radius 2 is 1.59 bits per heavy atom. The Balaban J connectivity index is 1.79. The molecule has 2 aromatic rings. The first-order chi connectivity index (χ1) is 17.7. The van der Waals surface area contributed by atoms with Gasteiger partial charge in [0.2, 0.25) is 11.8 Å². The summed E-state index contributed by atoms with van der Waals surface area (Å²) in [7, 11) is 1.11. The molecule has 0 saturated carbocycles. The van der Waals surface area contributed by atoms with E-state index in [0.717, 1.165) is 19.2 Å². The van der Waals surface area contributed by atoms with Crippen molar-refractivity contribution in [1.29, 1.82) is 0 Å². The lowest BCUT2D eigenvalue weighted by Gasteiger charge is -2.17. The molecule has 0 saturated heterocycles. The number of carbonyl (C=O) groups excluding carboxylic acids is 5. The second-order valence-corrected chi connectivity index (χ2v) is 7.26. The van der Waals surface area contributed by atoms with E-state index in [4.69, 9.17) is 9.47 Å². The Kier molecular flexibility index (Phi) is 11.0. The summed E-state index contributed by atoms with van der Waals surface area (Å²) in [6, 6.07) is 12.1. The van der Waals surface area contributed by atoms with Crippen molar-refractivity contribution in [2.45, 2.75) is 19.1 Å². The number of non-ortho nitro benzene ring substituents is 1. The Bertz CT molecular complexity index is 1120. The van der Waals surface area contributed by atoms with E-state index in [1.165, 1.54) is 12.1 Å². The van der Waals surface area contributed by atoms with Crippen molar-refractivity contribution >= 4 is 35.5 Å². The van der Waals surface area contributed by atoms with Crippen LogP contribution in [0.1, 0.15) is 12.0 Å². The monoisotopic (exact) mass is 516 g/mol. The molecule has 0 aromatic heterocycles. The molecular formula is C23H24N4O10. The molecule has 0 radical (unpaired) electrons. The summed E-state index contributed by atoms with van der Waals surface area (Å²) in [4.78, 5) is 70.1. The minimum Gasteiger partial charge on any atom is -0.469 e. The number of rotatable bonds is 12. The molecule has 3 N–H and O–H groups in total. The summed E-state index contributed by atoms with van der Waals surface area (Å²) in [5.41, 5.74) is 0.517. The molecule has 0 aliphatic heterocycles. The fourth-order valence-electron chi connectivity index (χ4n) is 2.69. The number of amides is 3. The van der Waals surface area contributed by atoms with Crippen molar-refractivity contribution in [3.8, 4) is 5.75 Å². The topological polar surface area (TPSA) is 192 Å². The normalized spacial score (nSPS) is 10.8. The van der Waals surface area contributed by atoms with Gasteiger partial charge in [0.25, 0.3) is 5.69 Å². The largest absolute Gasteiger partial charge is 0.469 e. The van der Waals surface area contributed by atoms with Crippen molar-refractivity contribution in [1.82, 2.24) is 16.0 Å². The third-order valence-corrected chi connectivity index (χ3v) is 4.55. The van der Waals surface area contributed by atoms with E-state index in [2.05, 4.69) is 20.7 Å². The fourth-order valence-corrected chi connectivity index (χ4v) is 2.69. The van der Waals surface area contributed by atoms with Crippen molar-refractivity contribution in [2.75, 3.05) is 20.2 Å². The van der Waals surface area contributed by atoms with E-state index < -0.39 is 60.3 Å². The summed E-state index contributed by atoms with van der Waals surface area (Å²) in [6.45, 7) is -1.21. The SMILES string of the molecule is COC(=O)C[C@H](NC(=O)OCc1ccccc1)C(=O)NCC(=O)NCC(=O)Oc1ccc([N+](=O)[O-])cc1. The minimum atomic E-state index is -1.39. The van der Waals surface area contributed by atoms with Crippen LogP contribution in [0, 0.1) is 10.1 Å². The molecule has 0 heterocycles. The van der Waals surface area contributed by atoms with Crippen molar-refractivity contribution < 1.29 is 43.1 Å². The lowest BCUT2D eigenvalue weighted by molar-refractivity contribution is -0.384. The van der Waals surface area contributed by atoms with Gasteiger partial charge < -0.3 is 30.2 Å². The summed E-state index contributed by atoms with van der Waals surface area (Å²) in [6.07, 6.45) is -1.49. The van der Waals surface area contributed by atoms with E-state index in [9.17, 15) is 34.1 Å². The van der Waals surface area contributed by atoms with E-state index in [1.807, 2.05) is 0 Å². The second kappa shape index (κ2) is 14.4. The number of nitro groups is 1. The number of hydrogen-bond acceptors (Lipinski definition) is 10. The van der Waals surface area contributed by atoms with Gasteiger partial charge >= 0.3 is 18.0 Å². The van der Waals surface area contributed by atoms with Crippen LogP contribution in [-0.4, -0.2) is 61.0 Å². The van der Waals surface area contributed by atoms with Gasteiger partial charge in [-0.15, -0.1) is 0 Å². The standard InChI is InChI=1S/C23H24N4O10/c1-35-20(29)11-18(26-23(32)36-14-15-5-3-2-4-6-15)22(31)25-12-19(28)24-13-21(30)37-17-9-7-16(8-10-17)27(33)34/h2-10,18H,11-14H2,1H3,(H,24,28)(H,25,31)(H,26,32)/t18-/m0/s1. The number of carbonyl (C=O) groups is 5. The van der Waals surface area contributed by atoms with Crippen LogP contribution in [0.2, 0.25) is 0 Å². The van der Waals surface area contributed by atoms with E-state index in [0.29, 0.717) is 5.56 Å². The average Bonchev–Trinajstić information content (AvgIpc) is 2.89. The van der Waals surface area contributed by atoms with Crippen LogP contribution in [-0.2, 0) is 35.3 Å². The van der Waals surface area contributed by atoms with Crippen LogP contribution in [0.5, 0.6) is 5.75 Å². The van der Waals surface area contributed by atoms with E-state index in [1.54, 1.807) is 30.3 Å². The zero-order chi connectivity index (χ0) is 27.2. The van der Waals surface area contributed by atoms with Gasteiger partial charge in [-0.2, -0.15) is 0 Å². The Labute approximate surface area is 210 Å². The number of ether oxygens (including phenoxy) is 3. The Morgan fingerprint density at radius 1 is 0.919 bits per heavy atom. The summed E-state index contributed by atoms with van der Waals surface area (Å²) < 4.78 is 14.5. The highest BCUT2D eigenvalue weighted by Gasteiger charge is 2.25. The van der Waals surface area contributed by atoms with Crippen molar-refractivity contribution in [3.63, 3.8) is 0 Å². The third-order valence-electron chi connectivity index (χ3n) is 4.55. The molecule has 0 unspecified atom stereocenters. The molecule has 0 aliphatic rings. The lowest BCUT2D eigenvalue weighted by atomic mass is 10.2. The molecular weight excluding hydrogens is 492 g/mol. The molecule has 37 heavy (non-hydrogen) atoms. The molecule has 2 rings (SSSR count). The highest BCUT2D eigenvalue weighted by Crippen LogP contribution is 2.17. The van der Waals surface area contributed by atoms with Crippen LogP contribution in [0.15, 0.2) is 54.6 Å². The van der Waals surface area contributed by atoms with Crippen LogP contribution >= 0.6 is 0 Å². The molecule has 1 atom stereocenters. The average molecular weight is 516 g/mol. The third kappa shape index (κ3) is 10.4. The predicted octanol–water partition coefficient (Wildman–Crippen LogP) is 0.591. The number of methoxy groups -OCH3 is 1. The van der Waals surface area contributed by atoms with Crippen LogP contribution < -0.4 is 20.7 Å². The van der Waals surface area contributed by atoms with Crippen LogP contribution in [0.4, 0.5) is 10.5 Å². The summed E-state index contributed by atoms with van der Waals surface area (Å²) in [5.74, 6) is -3.25. The highest BCUT2D eigenvalue weighted by molar-refractivity contribution is 5.92. The zero-order valence-corrected chi connectivity index (χ0v) is 19.6. The maximum atomic E-state index is 12.5. The number of esters is 2. The molecule has 0 spiro atoms. The van der Waals surface area contributed by atoms with Gasteiger partial charge in [-0.3, -0.25) is 24.5 Å². The first-order valence-electron chi connectivity index (χ1n) is 10.7. The second-order valence-electron chi connectivity index (χ2n) is 7.26. The maximum absolute atomic E-state index is 12.5. The van der Waals surface area contributed by atoms with Gasteiger partial charge in [0.05, 0.1) is 25.0 Å². The van der Waals surface area contributed by atoms with Crippen molar-refractivity contribution in [3.05, 3.63) is 70.3 Å². The quantitative estimate of drug-likeness (QED) is 0.156. The van der Waals surface area contributed by atoms with Crippen LogP contribution in [0.3, 0.4) is 0 Å². The Morgan fingerprint density at radius 3 is 2.22 bits per heavy atom. The summed E-state index contributed by atoms with van der Waals surface area (Å²) in [5, 5.41) is 17.3. The zero-order valence-electron chi connectivity index (χ0n) is 19.6. The molecule has 3 amide bonds. The van der Waals surface area contributed by atoms with Gasteiger partial charge in [0.1, 0.15) is 24.9 Å². The molecule has 14 heteroatoms. The van der Waals surface area contributed by atoms with E-state index in [-0.39, 0.29) is 18.0 Å². The lowest BCUT2D eigenvalue weighted by Crippen LogP contribution is -2.50. The first kappa shape index (κ1) is 28.2. The first-order valence-corrected chi connectivity index (χ1v) is 10.7. The number of nitrogens with one attached hydrogen (secondary N) is 3. The molecule has 2 aromatic carbocycles. The number of alkyl carbamates (subject to hydrolysis) is 1. The number of nitrogens with zero attached hydrogens (tertiary/aromatic N) is 1. The molecule has 0 bridgehead atoms. The fraction of sp³-hybridized carbons (Fsp3) is 0.261. The van der Waals surface area contributed by atoms with Gasteiger partial charge in [-0.1, -0.05) is 30.3 Å². The molecule has 14 nitrogen and oxygen atoms in total. The van der Waals surface area contributed by atoms with Crippen molar-refractivity contribution in [2.24, 2.45) is 0 Å². The van der Waals surface area contributed by atoms with Crippen LogP contribution in [0.25, 0.3) is 0 Å². The maximum Gasteiger partial charge on any atom is 0.408 e.